The maximum Gasteiger partial charge on any atom is 0.137 e. The molecular formula is C9H16N2O2. The summed E-state index contributed by atoms with van der Waals surface area (Å²) < 4.78 is 4.97. The van der Waals surface area contributed by atoms with Gasteiger partial charge in [-0.25, -0.2) is 0 Å². The number of hydrogen-bond donors (Lipinski definition) is 2. The number of nitrogens with zero attached hydrogens (tertiary/aromatic N) is 1. The zero-order chi connectivity index (χ0) is 10.0. The van der Waals surface area contributed by atoms with E-state index in [-0.39, 0.29) is 6.04 Å². The predicted octanol–water partition coefficient (Wildman–Crippen LogP) is 0.542. The summed E-state index contributed by atoms with van der Waals surface area (Å²) >= 11 is 0. The number of aliphatic hydroxyl groups is 1. The van der Waals surface area contributed by atoms with Gasteiger partial charge in [0.15, 0.2) is 0 Å². The number of hydrogen-bond acceptors (Lipinski definition) is 4. The van der Waals surface area contributed by atoms with Crippen molar-refractivity contribution in [3.63, 3.8) is 0 Å². The summed E-state index contributed by atoms with van der Waals surface area (Å²) in [4.78, 5) is 0. The van der Waals surface area contributed by atoms with Gasteiger partial charge in [-0.05, 0) is 20.8 Å². The first-order chi connectivity index (χ1) is 6.02. The third-order valence-electron chi connectivity index (χ3n) is 2.20. The van der Waals surface area contributed by atoms with Crippen LogP contribution in [0, 0.1) is 13.8 Å². The van der Waals surface area contributed by atoms with Gasteiger partial charge in [0.25, 0.3) is 0 Å². The van der Waals surface area contributed by atoms with Crippen LogP contribution in [0.4, 0.5) is 0 Å². The van der Waals surface area contributed by atoms with Gasteiger partial charge in [-0.1, -0.05) is 5.16 Å². The fraction of sp³-hybridized carbons (Fsp3) is 0.667. The van der Waals surface area contributed by atoms with Gasteiger partial charge in [0.05, 0.1) is 11.8 Å². The second-order valence-electron chi connectivity index (χ2n) is 3.43. The molecule has 0 aliphatic heterocycles. The Morgan fingerprint density at radius 1 is 1.54 bits per heavy atom. The lowest BCUT2D eigenvalue weighted by atomic mass is 10.0. The van der Waals surface area contributed by atoms with Crippen LogP contribution < -0.4 is 5.73 Å². The average molecular weight is 184 g/mol. The van der Waals surface area contributed by atoms with E-state index in [0.29, 0.717) is 6.42 Å². The molecule has 74 valence electrons. The summed E-state index contributed by atoms with van der Waals surface area (Å²) in [5, 5.41) is 13.4. The predicted molar refractivity (Wildman–Crippen MR) is 49.3 cm³/mol. The number of aryl methyl sites for hydroxylation is 2. The Bertz CT molecular complexity index is 262. The Kier molecular flexibility index (Phi) is 3.06. The van der Waals surface area contributed by atoms with Crippen LogP contribution in [0.5, 0.6) is 0 Å². The van der Waals surface area contributed by atoms with Gasteiger partial charge in [-0.3, -0.25) is 0 Å². The highest BCUT2D eigenvalue weighted by atomic mass is 16.5. The molecule has 1 aromatic rings. The molecule has 0 aliphatic carbocycles. The molecule has 3 N–H and O–H groups in total. The van der Waals surface area contributed by atoms with Gasteiger partial charge < -0.3 is 15.4 Å². The molecule has 0 amide bonds. The molecule has 1 heterocycles. The lowest BCUT2D eigenvalue weighted by molar-refractivity contribution is 0.150. The molecule has 0 aromatic carbocycles. The molecule has 1 rings (SSSR count). The van der Waals surface area contributed by atoms with E-state index < -0.39 is 6.10 Å². The molecule has 2 unspecified atom stereocenters. The standard InChI is InChI=1S/C9H16N2O2/c1-5(10)9(12)4-8-6(2)11-13-7(8)3/h5,9,12H,4,10H2,1-3H3. The fourth-order valence-electron chi connectivity index (χ4n) is 1.19. The number of rotatable bonds is 3. The van der Waals surface area contributed by atoms with E-state index >= 15 is 0 Å². The minimum atomic E-state index is -0.531. The normalized spacial score (nSPS) is 15.8. The first kappa shape index (κ1) is 10.2. The van der Waals surface area contributed by atoms with Gasteiger partial charge in [-0.2, -0.15) is 0 Å². The first-order valence-electron chi connectivity index (χ1n) is 4.37. The first-order valence-corrected chi connectivity index (χ1v) is 4.37. The summed E-state index contributed by atoms with van der Waals surface area (Å²) in [6, 6.07) is -0.228. The molecule has 2 atom stereocenters. The molecular weight excluding hydrogens is 168 g/mol. The highest BCUT2D eigenvalue weighted by Crippen LogP contribution is 2.14. The van der Waals surface area contributed by atoms with Crippen LogP contribution >= 0.6 is 0 Å². The number of aliphatic hydroxyl groups excluding tert-OH is 1. The largest absolute Gasteiger partial charge is 0.391 e. The molecule has 4 nitrogen and oxygen atoms in total. The van der Waals surface area contributed by atoms with Crippen molar-refractivity contribution in [1.29, 1.82) is 0 Å². The van der Waals surface area contributed by atoms with Crippen molar-refractivity contribution < 1.29 is 9.63 Å². The summed E-state index contributed by atoms with van der Waals surface area (Å²) in [5.74, 6) is 0.761. The average Bonchev–Trinajstić information content (AvgIpc) is 2.35. The van der Waals surface area contributed by atoms with Crippen molar-refractivity contribution >= 4 is 0 Å². The quantitative estimate of drug-likeness (QED) is 0.719. The third kappa shape index (κ3) is 2.29. The van der Waals surface area contributed by atoms with Gasteiger partial charge in [-0.15, -0.1) is 0 Å². The topological polar surface area (TPSA) is 72.3 Å². The van der Waals surface area contributed by atoms with E-state index in [4.69, 9.17) is 10.3 Å². The monoisotopic (exact) mass is 184 g/mol. The molecule has 0 saturated carbocycles. The minimum Gasteiger partial charge on any atom is -0.391 e. The van der Waals surface area contributed by atoms with Gasteiger partial charge in [0.2, 0.25) is 0 Å². The second-order valence-corrected chi connectivity index (χ2v) is 3.43. The number of nitrogens with two attached hydrogens (primary N) is 1. The summed E-state index contributed by atoms with van der Waals surface area (Å²) in [7, 11) is 0. The fourth-order valence-corrected chi connectivity index (χ4v) is 1.19. The second kappa shape index (κ2) is 3.89. The summed E-state index contributed by atoms with van der Waals surface area (Å²) in [6.45, 7) is 5.48. The molecule has 0 spiro atoms. The molecule has 0 radical (unpaired) electrons. The van der Waals surface area contributed by atoms with Crippen molar-refractivity contribution in [3.05, 3.63) is 17.0 Å². The highest BCUT2D eigenvalue weighted by Gasteiger charge is 2.16. The van der Waals surface area contributed by atoms with Crippen LogP contribution in [0.3, 0.4) is 0 Å². The maximum atomic E-state index is 9.55. The van der Waals surface area contributed by atoms with E-state index in [2.05, 4.69) is 5.16 Å². The molecule has 0 saturated heterocycles. The van der Waals surface area contributed by atoms with Crippen LogP contribution in [0.15, 0.2) is 4.52 Å². The Balaban J connectivity index is 2.73. The summed E-state index contributed by atoms with van der Waals surface area (Å²) in [5.41, 5.74) is 7.35. The third-order valence-corrected chi connectivity index (χ3v) is 2.20. The Labute approximate surface area is 77.7 Å². The van der Waals surface area contributed by atoms with E-state index in [0.717, 1.165) is 17.0 Å². The lowest BCUT2D eigenvalue weighted by Crippen LogP contribution is -2.33. The Morgan fingerprint density at radius 3 is 2.54 bits per heavy atom. The van der Waals surface area contributed by atoms with Crippen molar-refractivity contribution in [2.24, 2.45) is 5.73 Å². The molecule has 1 aromatic heterocycles. The zero-order valence-electron chi connectivity index (χ0n) is 8.24. The minimum absolute atomic E-state index is 0.228. The van der Waals surface area contributed by atoms with Crippen LogP contribution in [0.25, 0.3) is 0 Å². The van der Waals surface area contributed by atoms with Crippen LogP contribution in [-0.4, -0.2) is 22.4 Å². The molecule has 0 fully saturated rings. The smallest absolute Gasteiger partial charge is 0.137 e. The van der Waals surface area contributed by atoms with Crippen molar-refractivity contribution in [1.82, 2.24) is 5.16 Å². The van der Waals surface area contributed by atoms with E-state index in [1.165, 1.54) is 0 Å². The maximum absolute atomic E-state index is 9.55. The number of aromatic nitrogens is 1. The van der Waals surface area contributed by atoms with Gasteiger partial charge in [0.1, 0.15) is 5.76 Å². The molecule has 4 heteroatoms. The molecule has 0 aliphatic rings. The van der Waals surface area contributed by atoms with Gasteiger partial charge >= 0.3 is 0 Å². The van der Waals surface area contributed by atoms with Gasteiger partial charge in [0, 0.05) is 18.0 Å². The van der Waals surface area contributed by atoms with Crippen molar-refractivity contribution in [2.45, 2.75) is 39.3 Å². The molecule has 13 heavy (non-hydrogen) atoms. The van der Waals surface area contributed by atoms with E-state index in [1.54, 1.807) is 6.92 Å². The van der Waals surface area contributed by atoms with Crippen molar-refractivity contribution in [2.75, 3.05) is 0 Å². The SMILES string of the molecule is Cc1noc(C)c1CC(O)C(C)N. The van der Waals surface area contributed by atoms with Crippen molar-refractivity contribution in [3.8, 4) is 0 Å². The Hall–Kier alpha value is -0.870. The highest BCUT2D eigenvalue weighted by molar-refractivity contribution is 5.21. The summed E-state index contributed by atoms with van der Waals surface area (Å²) in [6.07, 6.45) is -0.0180. The molecule has 0 bridgehead atoms. The zero-order valence-corrected chi connectivity index (χ0v) is 8.24. The lowest BCUT2D eigenvalue weighted by Gasteiger charge is -2.13. The van der Waals surface area contributed by atoms with Crippen LogP contribution in [-0.2, 0) is 6.42 Å². The van der Waals surface area contributed by atoms with E-state index in [1.807, 2.05) is 13.8 Å². The Morgan fingerprint density at radius 2 is 2.15 bits per heavy atom. The van der Waals surface area contributed by atoms with Crippen LogP contribution in [0.2, 0.25) is 0 Å². The van der Waals surface area contributed by atoms with E-state index in [9.17, 15) is 5.11 Å². The van der Waals surface area contributed by atoms with Crippen LogP contribution in [0.1, 0.15) is 23.9 Å².